The quantitative estimate of drug-likeness (QED) is 0.109. The SMILES string of the molecule is CCOC(=O)COc1ccc(Cl)cc1/C=N/N[C@@H](O)COc1ccc([C@@H]2NC(=O)NC(C)=C2C(=O)OC)cc1OCC. The van der Waals surface area contributed by atoms with Gasteiger partial charge in [0, 0.05) is 16.3 Å². The number of nitrogens with one attached hydrogen (secondary N) is 3. The molecule has 14 heteroatoms. The number of carbonyl (C=O) groups is 3. The fraction of sp³-hybridized carbons (Fsp3) is 0.357. The molecule has 0 fully saturated rings. The van der Waals surface area contributed by atoms with Gasteiger partial charge in [-0.05, 0) is 56.7 Å². The number of hydrazone groups is 1. The molecule has 1 aliphatic rings. The van der Waals surface area contributed by atoms with Crippen molar-refractivity contribution in [2.24, 2.45) is 5.10 Å². The second-order valence-corrected chi connectivity index (χ2v) is 9.13. The van der Waals surface area contributed by atoms with E-state index in [1.807, 2.05) is 0 Å². The predicted molar refractivity (Wildman–Crippen MR) is 153 cm³/mol. The minimum atomic E-state index is -1.22. The van der Waals surface area contributed by atoms with Gasteiger partial charge in [0.25, 0.3) is 0 Å². The van der Waals surface area contributed by atoms with Gasteiger partial charge in [0.1, 0.15) is 12.4 Å². The summed E-state index contributed by atoms with van der Waals surface area (Å²) in [5, 5.41) is 20.1. The van der Waals surface area contributed by atoms with Gasteiger partial charge in [-0.1, -0.05) is 17.7 Å². The van der Waals surface area contributed by atoms with Crippen LogP contribution in [0.5, 0.6) is 17.2 Å². The minimum absolute atomic E-state index is 0.213. The number of benzene rings is 2. The Morgan fingerprint density at radius 3 is 2.57 bits per heavy atom. The van der Waals surface area contributed by atoms with Gasteiger partial charge in [-0.3, -0.25) is 5.43 Å². The van der Waals surface area contributed by atoms with E-state index in [4.69, 9.17) is 35.3 Å². The summed E-state index contributed by atoms with van der Waals surface area (Å²) in [7, 11) is 1.26. The Morgan fingerprint density at radius 2 is 1.86 bits per heavy atom. The number of carbonyl (C=O) groups excluding carboxylic acids is 3. The van der Waals surface area contributed by atoms with Gasteiger partial charge >= 0.3 is 18.0 Å². The average Bonchev–Trinajstić information content (AvgIpc) is 2.95. The number of urea groups is 1. The van der Waals surface area contributed by atoms with Crippen molar-refractivity contribution in [2.45, 2.75) is 33.0 Å². The molecule has 0 saturated carbocycles. The first-order valence-corrected chi connectivity index (χ1v) is 13.3. The van der Waals surface area contributed by atoms with Gasteiger partial charge in [0.05, 0.1) is 38.2 Å². The third-order valence-electron chi connectivity index (χ3n) is 5.72. The monoisotopic (exact) mass is 604 g/mol. The molecule has 0 radical (unpaired) electrons. The van der Waals surface area contributed by atoms with Crippen LogP contribution in [-0.2, 0) is 19.1 Å². The van der Waals surface area contributed by atoms with Crippen molar-refractivity contribution in [1.82, 2.24) is 16.1 Å². The van der Waals surface area contributed by atoms with Gasteiger partial charge in [-0.25, -0.2) is 14.4 Å². The molecule has 1 aliphatic heterocycles. The number of aliphatic hydroxyl groups excluding tert-OH is 1. The molecular weight excluding hydrogens is 572 g/mol. The van der Waals surface area contributed by atoms with Gasteiger partial charge in [-0.15, -0.1) is 0 Å². The number of ether oxygens (including phenoxy) is 5. The molecule has 4 N–H and O–H groups in total. The normalized spacial score (nSPS) is 15.4. The predicted octanol–water partition coefficient (Wildman–Crippen LogP) is 2.80. The first kappa shape index (κ1) is 32.0. The Labute approximate surface area is 247 Å². The number of amides is 2. The van der Waals surface area contributed by atoms with Gasteiger partial charge in [0.15, 0.2) is 24.3 Å². The highest BCUT2D eigenvalue weighted by atomic mass is 35.5. The van der Waals surface area contributed by atoms with Gasteiger partial charge in [0.2, 0.25) is 0 Å². The van der Waals surface area contributed by atoms with E-state index in [1.54, 1.807) is 57.2 Å². The molecule has 2 aromatic carbocycles. The highest BCUT2D eigenvalue weighted by molar-refractivity contribution is 6.30. The zero-order chi connectivity index (χ0) is 30.6. The van der Waals surface area contributed by atoms with Gasteiger partial charge in [-0.2, -0.15) is 5.10 Å². The fourth-order valence-electron chi connectivity index (χ4n) is 3.91. The Morgan fingerprint density at radius 1 is 1.10 bits per heavy atom. The Kier molecular flexibility index (Phi) is 11.8. The molecule has 226 valence electrons. The van der Waals surface area contributed by atoms with Crippen molar-refractivity contribution in [3.63, 3.8) is 0 Å². The number of hydrogen-bond donors (Lipinski definition) is 4. The second kappa shape index (κ2) is 15.5. The lowest BCUT2D eigenvalue weighted by Crippen LogP contribution is -2.45. The zero-order valence-electron chi connectivity index (χ0n) is 23.6. The van der Waals surface area contributed by atoms with Crippen LogP contribution in [0.3, 0.4) is 0 Å². The van der Waals surface area contributed by atoms with Crippen LogP contribution in [-0.4, -0.2) is 69.1 Å². The van der Waals surface area contributed by atoms with Crippen LogP contribution in [0, 0.1) is 0 Å². The van der Waals surface area contributed by atoms with Crippen LogP contribution >= 0.6 is 11.6 Å². The van der Waals surface area contributed by atoms with Crippen LogP contribution in [0.25, 0.3) is 0 Å². The van der Waals surface area contributed by atoms with E-state index in [-0.39, 0.29) is 25.4 Å². The van der Waals surface area contributed by atoms with E-state index in [0.717, 1.165) is 0 Å². The Hall–Kier alpha value is -4.49. The molecule has 0 bridgehead atoms. The number of aliphatic hydroxyl groups is 1. The summed E-state index contributed by atoms with van der Waals surface area (Å²) in [5.41, 5.74) is 4.18. The maximum absolute atomic E-state index is 12.4. The van der Waals surface area contributed by atoms with Crippen molar-refractivity contribution in [2.75, 3.05) is 33.5 Å². The maximum Gasteiger partial charge on any atom is 0.344 e. The van der Waals surface area contributed by atoms with E-state index in [9.17, 15) is 19.5 Å². The lowest BCUT2D eigenvalue weighted by Gasteiger charge is -2.28. The topological polar surface area (TPSA) is 166 Å². The third kappa shape index (κ3) is 8.75. The van der Waals surface area contributed by atoms with E-state index in [0.29, 0.717) is 45.7 Å². The van der Waals surface area contributed by atoms with E-state index in [2.05, 4.69) is 21.2 Å². The first-order valence-electron chi connectivity index (χ1n) is 13.0. The number of hydrogen-bond acceptors (Lipinski definition) is 11. The van der Waals surface area contributed by atoms with Crippen LogP contribution < -0.4 is 30.3 Å². The number of nitrogens with zero attached hydrogens (tertiary/aromatic N) is 1. The second-order valence-electron chi connectivity index (χ2n) is 8.69. The standard InChI is InChI=1S/C28H33ClN4O9/c1-5-39-22-12-17(26-25(27(36)38-4)16(3)31-28(37)32-26)7-9-21(22)41-14-23(34)33-30-13-18-11-19(29)8-10-20(18)42-15-24(35)40-6-2/h7-13,23,26,33-34H,5-6,14-15H2,1-4H3,(H2,31,32,37)/b30-13+/t23-,26-/m0/s1. The van der Waals surface area contributed by atoms with Gasteiger partial charge < -0.3 is 39.4 Å². The lowest BCUT2D eigenvalue weighted by atomic mass is 9.95. The van der Waals surface area contributed by atoms with Crippen molar-refractivity contribution in [3.8, 4) is 17.2 Å². The summed E-state index contributed by atoms with van der Waals surface area (Å²) in [6, 6.07) is 8.44. The lowest BCUT2D eigenvalue weighted by molar-refractivity contribution is -0.145. The number of halogens is 1. The van der Waals surface area contributed by atoms with E-state index >= 15 is 0 Å². The summed E-state index contributed by atoms with van der Waals surface area (Å²) < 4.78 is 26.7. The summed E-state index contributed by atoms with van der Waals surface area (Å²) >= 11 is 6.07. The number of rotatable bonds is 14. The Balaban J connectivity index is 1.67. The average molecular weight is 605 g/mol. The van der Waals surface area contributed by atoms with Crippen molar-refractivity contribution >= 4 is 35.8 Å². The molecule has 0 aromatic heterocycles. The summed E-state index contributed by atoms with van der Waals surface area (Å²) in [6.45, 7) is 5.14. The smallest absolute Gasteiger partial charge is 0.344 e. The summed E-state index contributed by atoms with van der Waals surface area (Å²) in [5.74, 6) is -0.112. The molecule has 0 saturated heterocycles. The van der Waals surface area contributed by atoms with Crippen LogP contribution in [0.1, 0.15) is 37.9 Å². The Bertz CT molecular complexity index is 1350. The van der Waals surface area contributed by atoms with E-state index in [1.165, 1.54) is 13.3 Å². The molecule has 1 heterocycles. The fourth-order valence-corrected chi connectivity index (χ4v) is 4.09. The van der Waals surface area contributed by atoms with Crippen molar-refractivity contribution in [1.29, 1.82) is 0 Å². The van der Waals surface area contributed by atoms with Crippen molar-refractivity contribution in [3.05, 3.63) is 63.8 Å². The number of methoxy groups -OCH3 is 1. The third-order valence-corrected chi connectivity index (χ3v) is 5.96. The van der Waals surface area contributed by atoms with Crippen molar-refractivity contribution < 1.29 is 43.2 Å². The molecule has 0 unspecified atom stereocenters. The van der Waals surface area contributed by atoms with Crippen LogP contribution in [0.2, 0.25) is 5.02 Å². The molecule has 0 aliphatic carbocycles. The maximum atomic E-state index is 12.4. The highest BCUT2D eigenvalue weighted by Crippen LogP contribution is 2.35. The van der Waals surface area contributed by atoms with E-state index < -0.39 is 30.2 Å². The minimum Gasteiger partial charge on any atom is -0.490 e. The molecule has 42 heavy (non-hydrogen) atoms. The molecule has 2 aromatic rings. The number of allylic oxidation sites excluding steroid dienone is 1. The molecule has 0 spiro atoms. The first-order chi connectivity index (χ1) is 20.2. The summed E-state index contributed by atoms with van der Waals surface area (Å²) in [6.07, 6.45) is 0.149. The molecule has 13 nitrogen and oxygen atoms in total. The molecule has 2 amide bonds. The molecular formula is C28H33ClN4O9. The zero-order valence-corrected chi connectivity index (χ0v) is 24.3. The van der Waals surface area contributed by atoms with Crippen LogP contribution in [0.15, 0.2) is 52.8 Å². The molecule has 3 rings (SSSR count). The highest BCUT2D eigenvalue weighted by Gasteiger charge is 2.32. The summed E-state index contributed by atoms with van der Waals surface area (Å²) in [4.78, 5) is 36.2. The number of esters is 2. The molecule has 2 atom stereocenters. The van der Waals surface area contributed by atoms with Crippen LogP contribution in [0.4, 0.5) is 4.79 Å². The largest absolute Gasteiger partial charge is 0.490 e.